The lowest BCUT2D eigenvalue weighted by Crippen LogP contribution is -2.37. The maximum Gasteiger partial charge on any atom is 0.315 e. The molecule has 1 aliphatic rings. The molecule has 1 unspecified atom stereocenters. The van der Waals surface area contributed by atoms with Crippen molar-refractivity contribution in [1.29, 1.82) is 0 Å². The lowest BCUT2D eigenvalue weighted by atomic mass is 9.97. The normalized spacial score (nSPS) is 15.9. The summed E-state index contributed by atoms with van der Waals surface area (Å²) >= 11 is 0. The number of hydrogen-bond acceptors (Lipinski definition) is 1. The fraction of sp³-hybridized carbons (Fsp3) is 0.471. The molecule has 1 aromatic carbocycles. The first kappa shape index (κ1) is 16.5. The minimum Gasteiger partial charge on any atom is -0.338 e. The predicted octanol–water partition coefficient (Wildman–Crippen LogP) is 4.22. The molecular formula is C17H22F2N2O. The number of halogens is 2. The topological polar surface area (TPSA) is 41.1 Å². The Balaban J connectivity index is 1.76. The molecule has 120 valence electrons. The van der Waals surface area contributed by atoms with Crippen molar-refractivity contribution in [2.24, 2.45) is 0 Å². The molecule has 0 aliphatic heterocycles. The van der Waals surface area contributed by atoms with Crippen molar-refractivity contribution >= 4 is 6.03 Å². The van der Waals surface area contributed by atoms with E-state index in [1.54, 1.807) is 6.92 Å². The van der Waals surface area contributed by atoms with Crippen molar-refractivity contribution < 1.29 is 13.6 Å². The Labute approximate surface area is 129 Å². The molecule has 0 spiro atoms. The summed E-state index contributed by atoms with van der Waals surface area (Å²) in [4.78, 5) is 11.8. The van der Waals surface area contributed by atoms with Crippen molar-refractivity contribution in [3.05, 3.63) is 47.0 Å². The van der Waals surface area contributed by atoms with Gasteiger partial charge < -0.3 is 10.6 Å². The fourth-order valence-electron chi connectivity index (χ4n) is 2.58. The molecule has 3 nitrogen and oxygen atoms in total. The SMILES string of the molecule is CC(NC(=O)NCCC1=CCCCC1)c1ccc(F)c(F)c1. The monoisotopic (exact) mass is 308 g/mol. The van der Waals surface area contributed by atoms with Crippen LogP contribution in [0.15, 0.2) is 29.8 Å². The van der Waals surface area contributed by atoms with Crippen LogP contribution in [0.2, 0.25) is 0 Å². The summed E-state index contributed by atoms with van der Waals surface area (Å²) in [6, 6.07) is 2.96. The van der Waals surface area contributed by atoms with Gasteiger partial charge in [0.1, 0.15) is 0 Å². The van der Waals surface area contributed by atoms with E-state index in [0.29, 0.717) is 12.1 Å². The van der Waals surface area contributed by atoms with Gasteiger partial charge in [0.25, 0.3) is 0 Å². The van der Waals surface area contributed by atoms with E-state index in [1.807, 2.05) is 0 Å². The van der Waals surface area contributed by atoms with Gasteiger partial charge in [0.2, 0.25) is 0 Å². The number of carbonyl (C=O) groups is 1. The van der Waals surface area contributed by atoms with Gasteiger partial charge in [0.15, 0.2) is 11.6 Å². The van der Waals surface area contributed by atoms with Crippen LogP contribution in [-0.2, 0) is 0 Å². The average Bonchev–Trinajstić information content (AvgIpc) is 2.51. The summed E-state index contributed by atoms with van der Waals surface area (Å²) in [5, 5.41) is 5.52. The highest BCUT2D eigenvalue weighted by molar-refractivity contribution is 5.74. The molecule has 2 N–H and O–H groups in total. The van der Waals surface area contributed by atoms with Crippen molar-refractivity contribution in [1.82, 2.24) is 10.6 Å². The number of urea groups is 1. The summed E-state index contributed by atoms with van der Waals surface area (Å²) in [6.07, 6.45) is 7.86. The first-order valence-electron chi connectivity index (χ1n) is 7.73. The van der Waals surface area contributed by atoms with E-state index in [9.17, 15) is 13.6 Å². The van der Waals surface area contributed by atoms with Crippen LogP contribution in [0.5, 0.6) is 0 Å². The third-order valence-corrected chi connectivity index (χ3v) is 3.91. The number of allylic oxidation sites excluding steroid dienone is 1. The van der Waals surface area contributed by atoms with E-state index in [0.717, 1.165) is 31.4 Å². The highest BCUT2D eigenvalue weighted by Crippen LogP contribution is 2.19. The molecule has 2 rings (SSSR count). The van der Waals surface area contributed by atoms with E-state index >= 15 is 0 Å². The quantitative estimate of drug-likeness (QED) is 0.786. The Bertz CT molecular complexity index is 558. The van der Waals surface area contributed by atoms with Crippen molar-refractivity contribution in [3.8, 4) is 0 Å². The smallest absolute Gasteiger partial charge is 0.315 e. The molecule has 0 saturated heterocycles. The molecular weight excluding hydrogens is 286 g/mol. The maximum absolute atomic E-state index is 13.2. The zero-order chi connectivity index (χ0) is 15.9. The molecule has 2 amide bonds. The molecule has 0 saturated carbocycles. The van der Waals surface area contributed by atoms with E-state index < -0.39 is 11.6 Å². The van der Waals surface area contributed by atoms with Crippen LogP contribution in [-0.4, -0.2) is 12.6 Å². The minimum absolute atomic E-state index is 0.298. The summed E-state index contributed by atoms with van der Waals surface area (Å²) in [6.45, 7) is 2.32. The Kier molecular flexibility index (Phi) is 5.92. The molecule has 1 aliphatic carbocycles. The largest absolute Gasteiger partial charge is 0.338 e. The second-order valence-electron chi connectivity index (χ2n) is 5.65. The van der Waals surface area contributed by atoms with E-state index in [4.69, 9.17) is 0 Å². The fourth-order valence-corrected chi connectivity index (χ4v) is 2.58. The second-order valence-corrected chi connectivity index (χ2v) is 5.65. The molecule has 22 heavy (non-hydrogen) atoms. The van der Waals surface area contributed by atoms with E-state index in [1.165, 1.54) is 24.5 Å². The van der Waals surface area contributed by atoms with Crippen LogP contribution in [0.4, 0.5) is 13.6 Å². The number of benzene rings is 1. The zero-order valence-electron chi connectivity index (χ0n) is 12.8. The highest BCUT2D eigenvalue weighted by Gasteiger charge is 2.12. The van der Waals surface area contributed by atoms with Crippen LogP contribution < -0.4 is 10.6 Å². The molecule has 0 fully saturated rings. The highest BCUT2D eigenvalue weighted by atomic mass is 19.2. The van der Waals surface area contributed by atoms with Crippen LogP contribution >= 0.6 is 0 Å². The lowest BCUT2D eigenvalue weighted by Gasteiger charge is -2.16. The van der Waals surface area contributed by atoms with Crippen molar-refractivity contribution in [2.75, 3.05) is 6.54 Å². The molecule has 1 aromatic rings. The Morgan fingerprint density at radius 2 is 2.09 bits per heavy atom. The van der Waals surface area contributed by atoms with Gasteiger partial charge in [-0.1, -0.05) is 17.7 Å². The first-order valence-corrected chi connectivity index (χ1v) is 7.73. The molecule has 1 atom stereocenters. The van der Waals surface area contributed by atoms with Crippen LogP contribution in [0.1, 0.15) is 50.6 Å². The van der Waals surface area contributed by atoms with E-state index in [2.05, 4.69) is 16.7 Å². The van der Waals surface area contributed by atoms with Crippen molar-refractivity contribution in [2.45, 2.75) is 45.1 Å². The second kappa shape index (κ2) is 7.92. The molecule has 0 bridgehead atoms. The number of rotatable bonds is 5. The third kappa shape index (κ3) is 4.83. The summed E-state index contributed by atoms with van der Waals surface area (Å²) in [7, 11) is 0. The zero-order valence-corrected chi connectivity index (χ0v) is 12.8. The van der Waals surface area contributed by atoms with Crippen LogP contribution in [0.25, 0.3) is 0 Å². The van der Waals surface area contributed by atoms with Gasteiger partial charge in [-0.2, -0.15) is 0 Å². The van der Waals surface area contributed by atoms with Crippen molar-refractivity contribution in [3.63, 3.8) is 0 Å². The van der Waals surface area contributed by atoms with Crippen LogP contribution in [0.3, 0.4) is 0 Å². The van der Waals surface area contributed by atoms with Gasteiger partial charge >= 0.3 is 6.03 Å². The van der Waals surface area contributed by atoms with Gasteiger partial charge in [-0.3, -0.25) is 0 Å². The Morgan fingerprint density at radius 3 is 2.77 bits per heavy atom. The molecule has 0 heterocycles. The molecule has 5 heteroatoms. The maximum atomic E-state index is 13.2. The summed E-state index contributed by atoms with van der Waals surface area (Å²) < 4.78 is 26.1. The van der Waals surface area contributed by atoms with Gasteiger partial charge in [-0.05, 0) is 56.7 Å². The average molecular weight is 308 g/mol. The third-order valence-electron chi connectivity index (χ3n) is 3.91. The van der Waals surface area contributed by atoms with E-state index in [-0.39, 0.29) is 12.1 Å². The number of carbonyl (C=O) groups excluding carboxylic acids is 1. The summed E-state index contributed by atoms with van der Waals surface area (Å²) in [5.41, 5.74) is 1.93. The lowest BCUT2D eigenvalue weighted by molar-refractivity contribution is 0.238. The number of hydrogen-bond donors (Lipinski definition) is 2. The van der Waals surface area contributed by atoms with Gasteiger partial charge in [0.05, 0.1) is 6.04 Å². The first-order chi connectivity index (χ1) is 10.6. The number of nitrogens with one attached hydrogen (secondary N) is 2. The summed E-state index contributed by atoms with van der Waals surface area (Å²) in [5.74, 6) is -1.79. The van der Waals surface area contributed by atoms with Gasteiger partial charge in [0, 0.05) is 6.54 Å². The Hall–Kier alpha value is -1.91. The Morgan fingerprint density at radius 1 is 1.27 bits per heavy atom. The predicted molar refractivity (Wildman–Crippen MR) is 82.5 cm³/mol. The van der Waals surface area contributed by atoms with Gasteiger partial charge in [-0.15, -0.1) is 0 Å². The molecule has 0 aromatic heterocycles. The molecule has 0 radical (unpaired) electrons. The van der Waals surface area contributed by atoms with Crippen LogP contribution in [0, 0.1) is 11.6 Å². The minimum atomic E-state index is -0.907. The van der Waals surface area contributed by atoms with Gasteiger partial charge in [-0.25, -0.2) is 13.6 Å². The standard InChI is InChI=1S/C17H22F2N2O/c1-12(14-7-8-15(18)16(19)11-14)21-17(22)20-10-9-13-5-3-2-4-6-13/h5,7-8,11-12H,2-4,6,9-10H2,1H3,(H2,20,21,22). The number of amides is 2.